The van der Waals surface area contributed by atoms with Gasteiger partial charge in [-0.2, -0.15) is 0 Å². The fourth-order valence-electron chi connectivity index (χ4n) is 2.45. The van der Waals surface area contributed by atoms with Gasteiger partial charge in [-0.3, -0.25) is 4.79 Å². The molecular weight excluding hydrogens is 303 g/mol. The summed E-state index contributed by atoms with van der Waals surface area (Å²) in [6, 6.07) is 6.62. The monoisotopic (exact) mass is 340 g/mol. The van der Waals surface area contributed by atoms with Crippen LogP contribution in [0.1, 0.15) is 65.2 Å². The van der Waals surface area contributed by atoms with Crippen LogP contribution in [0.5, 0.6) is 0 Å². The summed E-state index contributed by atoms with van der Waals surface area (Å²) in [7, 11) is 2.09. The Morgan fingerprint density at radius 1 is 1.17 bits per heavy atom. The molecule has 0 spiro atoms. The first-order valence-corrected chi connectivity index (χ1v) is 9.31. The van der Waals surface area contributed by atoms with Crippen LogP contribution < -0.4 is 5.32 Å². The van der Waals surface area contributed by atoms with Crippen molar-refractivity contribution in [3.05, 3.63) is 35.6 Å². The third-order valence-electron chi connectivity index (χ3n) is 3.64. The highest BCUT2D eigenvalue weighted by Gasteiger charge is 2.26. The second kappa shape index (κ2) is 15.1. The Kier molecular flexibility index (Phi) is 15.6. The lowest BCUT2D eigenvalue weighted by atomic mass is 10.1. The molecule has 1 aliphatic heterocycles. The number of nitrogens with one attached hydrogen (secondary N) is 1. The van der Waals surface area contributed by atoms with Gasteiger partial charge < -0.3 is 10.2 Å². The van der Waals surface area contributed by atoms with Gasteiger partial charge in [0.15, 0.2) is 0 Å². The van der Waals surface area contributed by atoms with Crippen LogP contribution in [0.3, 0.4) is 0 Å². The summed E-state index contributed by atoms with van der Waals surface area (Å²) in [6.07, 6.45) is 1.08. The average molecular weight is 341 g/mol. The Bertz CT molecular complexity index is 427. The predicted octanol–water partition coefficient (Wildman–Crippen LogP) is 4.97. The van der Waals surface area contributed by atoms with Crippen molar-refractivity contribution in [1.29, 1.82) is 0 Å². The first-order chi connectivity index (χ1) is 11.6. The largest absolute Gasteiger partial charge is 0.352 e. The quantitative estimate of drug-likeness (QED) is 0.842. The van der Waals surface area contributed by atoms with E-state index < -0.39 is 5.82 Å². The molecule has 0 aliphatic carbocycles. The van der Waals surface area contributed by atoms with Crippen LogP contribution in [0.2, 0.25) is 0 Å². The molecule has 0 bridgehead atoms. The van der Waals surface area contributed by atoms with Crippen molar-refractivity contribution in [1.82, 2.24) is 10.2 Å². The molecule has 4 heteroatoms. The highest BCUT2D eigenvalue weighted by Crippen LogP contribution is 2.20. The van der Waals surface area contributed by atoms with Crippen molar-refractivity contribution < 1.29 is 9.18 Å². The van der Waals surface area contributed by atoms with Crippen LogP contribution in [0.4, 0.5) is 4.39 Å². The van der Waals surface area contributed by atoms with Crippen molar-refractivity contribution in [2.45, 2.75) is 60.9 Å². The van der Waals surface area contributed by atoms with E-state index in [-0.39, 0.29) is 11.5 Å². The molecule has 2 rings (SSSR count). The molecule has 1 aromatic carbocycles. The maximum absolute atomic E-state index is 13.4. The first kappa shape index (κ1) is 24.8. The Labute approximate surface area is 148 Å². The highest BCUT2D eigenvalue weighted by atomic mass is 19.1. The molecule has 1 saturated heterocycles. The molecule has 0 radical (unpaired) electrons. The first-order valence-electron chi connectivity index (χ1n) is 9.31. The molecule has 24 heavy (non-hydrogen) atoms. The van der Waals surface area contributed by atoms with Crippen molar-refractivity contribution in [3.8, 4) is 0 Å². The zero-order chi connectivity index (χ0) is 19.1. The number of amides is 1. The van der Waals surface area contributed by atoms with Crippen LogP contribution in [-0.2, 0) is 0 Å². The number of hydrogen-bond donors (Lipinski definition) is 1. The zero-order valence-corrected chi connectivity index (χ0v) is 16.8. The number of rotatable bonds is 3. The van der Waals surface area contributed by atoms with Crippen LogP contribution in [0.25, 0.3) is 0 Å². The smallest absolute Gasteiger partial charge is 0.254 e. The third kappa shape index (κ3) is 8.44. The number of nitrogens with zero attached hydrogens (tertiary/aromatic N) is 1. The fourth-order valence-corrected chi connectivity index (χ4v) is 2.45. The molecule has 1 amide bonds. The Hall–Kier alpha value is -1.42. The van der Waals surface area contributed by atoms with E-state index in [9.17, 15) is 9.18 Å². The molecule has 1 N–H and O–H groups in total. The molecule has 1 heterocycles. The van der Waals surface area contributed by atoms with E-state index in [1.807, 2.05) is 41.5 Å². The van der Waals surface area contributed by atoms with Gasteiger partial charge in [-0.1, -0.05) is 53.7 Å². The summed E-state index contributed by atoms with van der Waals surface area (Å²) >= 11 is 0. The number of benzene rings is 1. The van der Waals surface area contributed by atoms with E-state index in [2.05, 4.69) is 24.2 Å². The van der Waals surface area contributed by atoms with E-state index in [4.69, 9.17) is 0 Å². The summed E-state index contributed by atoms with van der Waals surface area (Å²) in [5.41, 5.74) is 0.122. The van der Waals surface area contributed by atoms with Crippen LogP contribution in [0.15, 0.2) is 24.3 Å². The Morgan fingerprint density at radius 3 is 2.17 bits per heavy atom. The minimum atomic E-state index is -0.466. The van der Waals surface area contributed by atoms with Gasteiger partial charge in [0.1, 0.15) is 5.82 Å². The SMILES string of the molecule is CC.CC.CC.CC1CC(CNC(=O)c2ccccc2F)CN1C. The normalized spacial score (nSPS) is 18.9. The number of carbonyl (C=O) groups excluding carboxylic acids is 1. The Balaban J connectivity index is 0. The van der Waals surface area contributed by atoms with E-state index in [1.165, 1.54) is 12.1 Å². The van der Waals surface area contributed by atoms with Crippen LogP contribution in [0, 0.1) is 11.7 Å². The van der Waals surface area contributed by atoms with Gasteiger partial charge in [0.2, 0.25) is 0 Å². The molecule has 1 fully saturated rings. The number of likely N-dealkylation sites (tertiary alicyclic amines) is 1. The molecule has 0 saturated carbocycles. The van der Waals surface area contributed by atoms with E-state index in [0.717, 1.165) is 13.0 Å². The van der Waals surface area contributed by atoms with Gasteiger partial charge in [-0.25, -0.2) is 4.39 Å². The minimum absolute atomic E-state index is 0.122. The summed E-state index contributed by atoms with van der Waals surface area (Å²) in [5, 5.41) is 2.82. The lowest BCUT2D eigenvalue weighted by molar-refractivity contribution is 0.0943. The predicted molar refractivity (Wildman–Crippen MR) is 103 cm³/mol. The van der Waals surface area contributed by atoms with Crippen LogP contribution in [-0.4, -0.2) is 37.0 Å². The number of halogens is 1. The van der Waals surface area contributed by atoms with Crippen molar-refractivity contribution in [3.63, 3.8) is 0 Å². The van der Waals surface area contributed by atoms with Crippen LogP contribution >= 0.6 is 0 Å². The minimum Gasteiger partial charge on any atom is -0.352 e. The van der Waals surface area contributed by atoms with Gasteiger partial charge in [-0.15, -0.1) is 0 Å². The molecular formula is C20H37FN2O. The van der Waals surface area contributed by atoms with E-state index in [1.54, 1.807) is 12.1 Å². The third-order valence-corrected chi connectivity index (χ3v) is 3.64. The summed E-state index contributed by atoms with van der Waals surface area (Å²) < 4.78 is 13.4. The van der Waals surface area contributed by atoms with Gasteiger partial charge in [-0.05, 0) is 38.4 Å². The molecule has 140 valence electrons. The molecule has 0 aromatic heterocycles. The maximum Gasteiger partial charge on any atom is 0.254 e. The van der Waals surface area contributed by atoms with Crippen molar-refractivity contribution in [2.24, 2.45) is 5.92 Å². The van der Waals surface area contributed by atoms with Gasteiger partial charge in [0.25, 0.3) is 5.91 Å². The van der Waals surface area contributed by atoms with Gasteiger partial charge in [0, 0.05) is 19.1 Å². The molecule has 1 aliphatic rings. The summed E-state index contributed by atoms with van der Waals surface area (Å²) in [6.45, 7) is 15.8. The number of hydrogen-bond acceptors (Lipinski definition) is 2. The fraction of sp³-hybridized carbons (Fsp3) is 0.650. The topological polar surface area (TPSA) is 32.3 Å². The average Bonchev–Trinajstić information content (AvgIpc) is 2.96. The summed E-state index contributed by atoms with van der Waals surface area (Å²) in [5.74, 6) is -0.331. The molecule has 2 unspecified atom stereocenters. The highest BCUT2D eigenvalue weighted by molar-refractivity contribution is 5.94. The molecule has 3 nitrogen and oxygen atoms in total. The van der Waals surface area contributed by atoms with Gasteiger partial charge in [0.05, 0.1) is 5.56 Å². The standard InChI is InChI=1S/C14H19FN2O.3C2H6/c1-10-7-11(9-17(10)2)8-16-14(18)12-5-3-4-6-13(12)15;3*1-2/h3-6,10-11H,7-9H2,1-2H3,(H,16,18);3*1-2H3. The Morgan fingerprint density at radius 2 is 1.71 bits per heavy atom. The molecule has 2 atom stereocenters. The second-order valence-corrected chi connectivity index (χ2v) is 5.08. The van der Waals surface area contributed by atoms with Gasteiger partial charge >= 0.3 is 0 Å². The second-order valence-electron chi connectivity index (χ2n) is 5.08. The maximum atomic E-state index is 13.4. The van der Waals surface area contributed by atoms with E-state index >= 15 is 0 Å². The zero-order valence-electron chi connectivity index (χ0n) is 16.8. The summed E-state index contributed by atoms with van der Waals surface area (Å²) in [4.78, 5) is 14.1. The van der Waals surface area contributed by atoms with Crippen molar-refractivity contribution >= 4 is 5.91 Å². The molecule has 1 aromatic rings. The lowest BCUT2D eigenvalue weighted by Crippen LogP contribution is -2.31. The van der Waals surface area contributed by atoms with E-state index in [0.29, 0.717) is 18.5 Å². The van der Waals surface area contributed by atoms with Crippen molar-refractivity contribution in [2.75, 3.05) is 20.1 Å². The lowest BCUT2D eigenvalue weighted by Gasteiger charge is -2.13. The number of carbonyl (C=O) groups is 1.